The standard InChI is InChI=1S/C14H17N5O3/c1-9-12-15-10(13(20)16-22)8-18(12)6-7-19(9)14(21)11-4-3-5-17(11)2/h3-5,8-9,22H,6-7H2,1-2H3,(H,16,20). The first-order chi connectivity index (χ1) is 10.5. The van der Waals surface area contributed by atoms with Gasteiger partial charge >= 0.3 is 0 Å². The van der Waals surface area contributed by atoms with Crippen molar-refractivity contribution in [3.05, 3.63) is 41.7 Å². The van der Waals surface area contributed by atoms with Crippen molar-refractivity contribution in [1.82, 2.24) is 24.5 Å². The molecule has 2 N–H and O–H groups in total. The Labute approximate surface area is 126 Å². The molecule has 8 nitrogen and oxygen atoms in total. The highest BCUT2D eigenvalue weighted by Crippen LogP contribution is 2.26. The van der Waals surface area contributed by atoms with Crippen molar-refractivity contribution < 1.29 is 14.8 Å². The van der Waals surface area contributed by atoms with Crippen LogP contribution in [0.25, 0.3) is 0 Å². The minimum atomic E-state index is -0.658. The Morgan fingerprint density at radius 3 is 2.82 bits per heavy atom. The van der Waals surface area contributed by atoms with Crippen molar-refractivity contribution in [3.8, 4) is 0 Å². The number of hydrogen-bond donors (Lipinski definition) is 2. The summed E-state index contributed by atoms with van der Waals surface area (Å²) in [6, 6.07) is 3.35. The topological polar surface area (TPSA) is 92.4 Å². The van der Waals surface area contributed by atoms with Crippen LogP contribution in [0.3, 0.4) is 0 Å². The van der Waals surface area contributed by atoms with Crippen LogP contribution in [-0.4, -0.2) is 42.6 Å². The molecule has 3 rings (SSSR count). The van der Waals surface area contributed by atoms with E-state index in [1.807, 2.05) is 30.8 Å². The third-order valence-corrected chi connectivity index (χ3v) is 3.99. The first-order valence-electron chi connectivity index (χ1n) is 6.96. The van der Waals surface area contributed by atoms with Gasteiger partial charge in [0.2, 0.25) is 0 Å². The lowest BCUT2D eigenvalue weighted by Crippen LogP contribution is -2.41. The van der Waals surface area contributed by atoms with Crippen LogP contribution in [0.5, 0.6) is 0 Å². The quantitative estimate of drug-likeness (QED) is 0.626. The van der Waals surface area contributed by atoms with Crippen molar-refractivity contribution in [1.29, 1.82) is 0 Å². The molecule has 0 saturated heterocycles. The van der Waals surface area contributed by atoms with Gasteiger partial charge in [0.05, 0.1) is 6.04 Å². The fourth-order valence-corrected chi connectivity index (χ4v) is 2.77. The highest BCUT2D eigenvalue weighted by Gasteiger charge is 2.31. The van der Waals surface area contributed by atoms with Crippen molar-refractivity contribution in [3.63, 3.8) is 0 Å². The zero-order valence-corrected chi connectivity index (χ0v) is 12.4. The number of imidazole rings is 1. The van der Waals surface area contributed by atoms with Crippen molar-refractivity contribution >= 4 is 11.8 Å². The van der Waals surface area contributed by atoms with Gasteiger partial charge in [-0.15, -0.1) is 0 Å². The number of hydroxylamine groups is 1. The molecule has 1 atom stereocenters. The van der Waals surface area contributed by atoms with Gasteiger partial charge in [-0.1, -0.05) is 0 Å². The van der Waals surface area contributed by atoms with E-state index in [0.29, 0.717) is 24.6 Å². The molecule has 0 bridgehead atoms. The van der Waals surface area contributed by atoms with Crippen LogP contribution >= 0.6 is 0 Å². The van der Waals surface area contributed by atoms with E-state index in [0.717, 1.165) is 0 Å². The molecule has 0 aliphatic carbocycles. The van der Waals surface area contributed by atoms with Gasteiger partial charge in [0.1, 0.15) is 17.2 Å². The smallest absolute Gasteiger partial charge is 0.294 e. The van der Waals surface area contributed by atoms with E-state index in [9.17, 15) is 9.59 Å². The van der Waals surface area contributed by atoms with Gasteiger partial charge in [-0.25, -0.2) is 10.5 Å². The number of aromatic nitrogens is 3. The van der Waals surface area contributed by atoms with E-state index in [4.69, 9.17) is 5.21 Å². The Hall–Kier alpha value is -2.61. The predicted octanol–water partition coefficient (Wildman–Crippen LogP) is 0.558. The van der Waals surface area contributed by atoms with Crippen molar-refractivity contribution in [2.45, 2.75) is 19.5 Å². The molecule has 0 fully saturated rings. The Kier molecular flexibility index (Phi) is 3.45. The first kappa shape index (κ1) is 14.3. The highest BCUT2D eigenvalue weighted by atomic mass is 16.5. The van der Waals surface area contributed by atoms with Crippen LogP contribution in [0.1, 0.15) is 39.8 Å². The van der Waals surface area contributed by atoms with E-state index >= 15 is 0 Å². The summed E-state index contributed by atoms with van der Waals surface area (Å²) < 4.78 is 3.62. The summed E-state index contributed by atoms with van der Waals surface area (Å²) >= 11 is 0. The number of nitrogens with one attached hydrogen (secondary N) is 1. The molecule has 0 saturated carbocycles. The van der Waals surface area contributed by atoms with Crippen LogP contribution in [-0.2, 0) is 13.6 Å². The highest BCUT2D eigenvalue weighted by molar-refractivity contribution is 5.93. The maximum atomic E-state index is 12.6. The number of amides is 2. The molecule has 1 aliphatic heterocycles. The summed E-state index contributed by atoms with van der Waals surface area (Å²) in [5, 5.41) is 8.69. The Morgan fingerprint density at radius 1 is 1.41 bits per heavy atom. The first-order valence-corrected chi connectivity index (χ1v) is 6.96. The molecule has 1 aliphatic rings. The SMILES string of the molecule is CC1c2nc(C(=O)NO)cn2CCN1C(=O)c1cccn1C. The second-order valence-electron chi connectivity index (χ2n) is 5.30. The van der Waals surface area contributed by atoms with Crippen LogP contribution in [0.15, 0.2) is 24.5 Å². The van der Waals surface area contributed by atoms with E-state index in [1.165, 1.54) is 0 Å². The van der Waals surface area contributed by atoms with Gasteiger partial charge in [-0.2, -0.15) is 0 Å². The van der Waals surface area contributed by atoms with Gasteiger partial charge in [0, 0.05) is 32.5 Å². The maximum Gasteiger partial charge on any atom is 0.294 e. The zero-order valence-electron chi connectivity index (χ0n) is 12.4. The number of carbonyl (C=O) groups is 2. The average molecular weight is 303 g/mol. The summed E-state index contributed by atoms with van der Waals surface area (Å²) in [5.74, 6) is -0.0933. The number of carbonyl (C=O) groups excluding carboxylic acids is 2. The number of fused-ring (bicyclic) bond motifs is 1. The third kappa shape index (κ3) is 2.17. The lowest BCUT2D eigenvalue weighted by Gasteiger charge is -2.33. The summed E-state index contributed by atoms with van der Waals surface area (Å²) in [4.78, 5) is 30.1. The van der Waals surface area contributed by atoms with Gasteiger partial charge in [0.15, 0.2) is 0 Å². The molecular weight excluding hydrogens is 286 g/mol. The molecule has 2 aromatic rings. The van der Waals surface area contributed by atoms with E-state index in [1.54, 1.807) is 27.2 Å². The zero-order chi connectivity index (χ0) is 15.9. The maximum absolute atomic E-state index is 12.6. The third-order valence-electron chi connectivity index (χ3n) is 3.99. The number of hydrogen-bond acceptors (Lipinski definition) is 4. The second-order valence-corrected chi connectivity index (χ2v) is 5.30. The van der Waals surface area contributed by atoms with E-state index in [2.05, 4.69) is 4.98 Å². The van der Waals surface area contributed by atoms with Gasteiger partial charge in [0.25, 0.3) is 11.8 Å². The fraction of sp³-hybridized carbons (Fsp3) is 0.357. The van der Waals surface area contributed by atoms with Crippen molar-refractivity contribution in [2.75, 3.05) is 6.54 Å². The fourth-order valence-electron chi connectivity index (χ4n) is 2.77. The lowest BCUT2D eigenvalue weighted by molar-refractivity contribution is 0.0628. The minimum Gasteiger partial charge on any atom is -0.347 e. The molecule has 3 heterocycles. The Balaban J connectivity index is 1.89. The van der Waals surface area contributed by atoms with Gasteiger partial charge in [-0.05, 0) is 19.1 Å². The Morgan fingerprint density at radius 2 is 2.18 bits per heavy atom. The van der Waals surface area contributed by atoms with Crippen LogP contribution in [0.4, 0.5) is 0 Å². The molecule has 2 aromatic heterocycles. The second kappa shape index (κ2) is 5.30. The molecule has 0 radical (unpaired) electrons. The molecule has 2 amide bonds. The molecule has 22 heavy (non-hydrogen) atoms. The molecule has 0 spiro atoms. The van der Waals surface area contributed by atoms with Gasteiger partial charge in [-0.3, -0.25) is 14.8 Å². The summed E-state index contributed by atoms with van der Waals surface area (Å²) in [6.45, 7) is 2.97. The molecular formula is C14H17N5O3. The Bertz CT molecular complexity index is 733. The molecule has 1 unspecified atom stereocenters. The van der Waals surface area contributed by atoms with Crippen LogP contribution in [0, 0.1) is 0 Å². The van der Waals surface area contributed by atoms with Crippen molar-refractivity contribution in [2.24, 2.45) is 7.05 Å². The predicted molar refractivity (Wildman–Crippen MR) is 76.3 cm³/mol. The largest absolute Gasteiger partial charge is 0.347 e. The summed E-state index contributed by atoms with van der Waals surface area (Å²) in [5.41, 5.74) is 2.32. The monoisotopic (exact) mass is 303 g/mol. The van der Waals surface area contributed by atoms with Crippen LogP contribution < -0.4 is 5.48 Å². The molecule has 0 aromatic carbocycles. The van der Waals surface area contributed by atoms with Crippen LogP contribution in [0.2, 0.25) is 0 Å². The summed E-state index contributed by atoms with van der Waals surface area (Å²) in [7, 11) is 1.83. The minimum absolute atomic E-state index is 0.0672. The number of rotatable bonds is 2. The molecule has 8 heteroatoms. The van der Waals surface area contributed by atoms with Gasteiger partial charge < -0.3 is 14.0 Å². The van der Waals surface area contributed by atoms with E-state index < -0.39 is 5.91 Å². The normalized spacial score (nSPS) is 17.2. The number of nitrogens with zero attached hydrogens (tertiary/aromatic N) is 4. The molecule has 116 valence electrons. The lowest BCUT2D eigenvalue weighted by atomic mass is 10.2. The van der Waals surface area contributed by atoms with E-state index in [-0.39, 0.29) is 17.6 Å². The average Bonchev–Trinajstić information content (AvgIpc) is 3.12. The summed E-state index contributed by atoms with van der Waals surface area (Å²) in [6.07, 6.45) is 3.41. The number of aryl methyl sites for hydroxylation is 1.